The number of rotatable bonds is 2. The average molecular weight is 367 g/mol. The Hall–Kier alpha value is -1.93. The quantitative estimate of drug-likeness (QED) is 0.546. The Morgan fingerprint density at radius 3 is 2.17 bits per heavy atom. The van der Waals surface area contributed by atoms with Crippen LogP contribution in [-0.2, 0) is 6.18 Å². The summed E-state index contributed by atoms with van der Waals surface area (Å²) in [6.45, 7) is 0. The molecule has 0 atom stereocenters. The Bertz CT molecular complexity index is 748. The first-order valence-electron chi connectivity index (χ1n) is 6.06. The van der Waals surface area contributed by atoms with Crippen molar-refractivity contribution in [2.75, 3.05) is 10.6 Å². The molecular formula is C14H8ClF5N2S. The zero-order valence-corrected chi connectivity index (χ0v) is 12.7. The predicted octanol–water partition coefficient (Wildman–Crippen LogP) is 5.45. The van der Waals surface area contributed by atoms with Crippen molar-refractivity contribution in [2.24, 2.45) is 0 Å². The van der Waals surface area contributed by atoms with Crippen LogP contribution in [0.15, 0.2) is 36.4 Å². The zero-order valence-electron chi connectivity index (χ0n) is 11.1. The Labute approximate surface area is 138 Å². The van der Waals surface area contributed by atoms with Crippen molar-refractivity contribution < 1.29 is 22.0 Å². The van der Waals surface area contributed by atoms with E-state index in [1.165, 1.54) is 6.07 Å². The molecule has 0 radical (unpaired) electrons. The van der Waals surface area contributed by atoms with E-state index >= 15 is 0 Å². The molecule has 0 saturated heterocycles. The number of hydrogen-bond donors (Lipinski definition) is 2. The Balaban J connectivity index is 2.21. The molecule has 0 fully saturated rings. The van der Waals surface area contributed by atoms with E-state index in [0.29, 0.717) is 6.07 Å². The summed E-state index contributed by atoms with van der Waals surface area (Å²) in [5, 5.41) is 4.29. The highest BCUT2D eigenvalue weighted by Crippen LogP contribution is 2.36. The number of halogens is 6. The largest absolute Gasteiger partial charge is 0.418 e. The number of alkyl halides is 3. The first kappa shape index (κ1) is 17.4. The van der Waals surface area contributed by atoms with E-state index in [0.717, 1.165) is 24.3 Å². The molecule has 2 nitrogen and oxygen atoms in total. The van der Waals surface area contributed by atoms with Gasteiger partial charge in [0.1, 0.15) is 11.6 Å². The molecule has 23 heavy (non-hydrogen) atoms. The van der Waals surface area contributed by atoms with E-state index in [9.17, 15) is 22.0 Å². The first-order chi connectivity index (χ1) is 10.7. The summed E-state index contributed by atoms with van der Waals surface area (Å²) in [7, 11) is 0. The van der Waals surface area contributed by atoms with E-state index in [-0.39, 0.29) is 21.5 Å². The van der Waals surface area contributed by atoms with Gasteiger partial charge in [-0.1, -0.05) is 11.6 Å². The zero-order chi connectivity index (χ0) is 17.2. The van der Waals surface area contributed by atoms with Gasteiger partial charge in [0.05, 0.1) is 16.9 Å². The molecule has 0 bridgehead atoms. The number of benzene rings is 2. The lowest BCUT2D eigenvalue weighted by molar-refractivity contribution is -0.136. The minimum Gasteiger partial charge on any atom is -0.332 e. The van der Waals surface area contributed by atoms with Crippen LogP contribution in [0.3, 0.4) is 0 Å². The SMILES string of the molecule is Fc1ccc(NC(=S)Nc2ccc(Cl)cc2C(F)(F)F)c(F)c1. The highest BCUT2D eigenvalue weighted by atomic mass is 35.5. The molecule has 0 heterocycles. The van der Waals surface area contributed by atoms with Crippen molar-refractivity contribution in [3.63, 3.8) is 0 Å². The Kier molecular flexibility index (Phi) is 5.06. The van der Waals surface area contributed by atoms with Crippen molar-refractivity contribution >= 4 is 40.3 Å². The Morgan fingerprint density at radius 1 is 0.957 bits per heavy atom. The number of hydrogen-bond acceptors (Lipinski definition) is 1. The molecule has 0 unspecified atom stereocenters. The molecule has 0 aliphatic carbocycles. The third-order valence-corrected chi connectivity index (χ3v) is 3.15. The summed E-state index contributed by atoms with van der Waals surface area (Å²) in [6, 6.07) is 5.77. The average Bonchev–Trinajstić information content (AvgIpc) is 2.43. The first-order valence-corrected chi connectivity index (χ1v) is 6.85. The highest BCUT2D eigenvalue weighted by molar-refractivity contribution is 7.80. The van der Waals surface area contributed by atoms with Crippen LogP contribution in [0.4, 0.5) is 33.3 Å². The van der Waals surface area contributed by atoms with Gasteiger partial charge >= 0.3 is 6.18 Å². The van der Waals surface area contributed by atoms with Crippen molar-refractivity contribution in [1.29, 1.82) is 0 Å². The van der Waals surface area contributed by atoms with Gasteiger partial charge in [-0.2, -0.15) is 13.2 Å². The molecule has 2 rings (SSSR count). The van der Waals surface area contributed by atoms with E-state index in [2.05, 4.69) is 10.6 Å². The second-order valence-corrected chi connectivity index (χ2v) is 5.24. The van der Waals surface area contributed by atoms with Gasteiger partial charge in [0.25, 0.3) is 0 Å². The number of thiocarbonyl (C=S) groups is 1. The van der Waals surface area contributed by atoms with Crippen LogP contribution < -0.4 is 10.6 Å². The maximum atomic E-state index is 13.5. The van der Waals surface area contributed by atoms with Gasteiger partial charge < -0.3 is 10.6 Å². The second-order valence-electron chi connectivity index (χ2n) is 4.39. The second kappa shape index (κ2) is 6.67. The lowest BCUT2D eigenvalue weighted by Gasteiger charge is -2.16. The summed E-state index contributed by atoms with van der Waals surface area (Å²) in [6.07, 6.45) is -4.65. The fourth-order valence-electron chi connectivity index (χ4n) is 1.73. The maximum absolute atomic E-state index is 13.5. The van der Waals surface area contributed by atoms with Crippen LogP contribution in [0.25, 0.3) is 0 Å². The molecule has 2 aromatic carbocycles. The normalized spacial score (nSPS) is 11.2. The molecule has 0 amide bonds. The Morgan fingerprint density at radius 2 is 1.57 bits per heavy atom. The molecule has 0 aliphatic rings. The topological polar surface area (TPSA) is 24.1 Å². The van der Waals surface area contributed by atoms with Gasteiger partial charge in [-0.3, -0.25) is 0 Å². The maximum Gasteiger partial charge on any atom is 0.418 e. The monoisotopic (exact) mass is 366 g/mol. The predicted molar refractivity (Wildman–Crippen MR) is 82.7 cm³/mol. The van der Waals surface area contributed by atoms with Crippen LogP contribution in [0.5, 0.6) is 0 Å². The van der Waals surface area contributed by atoms with E-state index in [4.69, 9.17) is 23.8 Å². The van der Waals surface area contributed by atoms with Gasteiger partial charge in [0.2, 0.25) is 0 Å². The molecule has 0 aliphatic heterocycles. The molecule has 122 valence electrons. The van der Waals surface area contributed by atoms with E-state index < -0.39 is 23.4 Å². The third kappa shape index (κ3) is 4.52. The van der Waals surface area contributed by atoms with Gasteiger partial charge in [0.15, 0.2) is 5.11 Å². The van der Waals surface area contributed by atoms with Crippen molar-refractivity contribution in [2.45, 2.75) is 6.18 Å². The summed E-state index contributed by atoms with van der Waals surface area (Å²) < 4.78 is 65.1. The van der Waals surface area contributed by atoms with Crippen molar-refractivity contribution in [3.05, 3.63) is 58.6 Å². The van der Waals surface area contributed by atoms with Crippen LogP contribution in [0.1, 0.15) is 5.56 Å². The molecule has 2 aromatic rings. The standard InChI is InChI=1S/C14H8ClF5N2S/c15-7-1-3-11(9(5-7)14(18,19)20)21-13(23)22-12-4-2-8(16)6-10(12)17/h1-6H,(H2,21,22,23). The van der Waals surface area contributed by atoms with Crippen molar-refractivity contribution in [1.82, 2.24) is 0 Å². The molecule has 9 heteroatoms. The summed E-state index contributed by atoms with van der Waals surface area (Å²) in [5.74, 6) is -1.72. The van der Waals surface area contributed by atoms with Gasteiger partial charge in [-0.05, 0) is 42.5 Å². The van der Waals surface area contributed by atoms with Crippen LogP contribution in [0.2, 0.25) is 5.02 Å². The molecule has 0 saturated carbocycles. The van der Waals surface area contributed by atoms with E-state index in [1.54, 1.807) is 0 Å². The third-order valence-electron chi connectivity index (χ3n) is 2.71. The fraction of sp³-hybridized carbons (Fsp3) is 0.0714. The lowest BCUT2D eigenvalue weighted by atomic mass is 10.1. The molecule has 0 spiro atoms. The van der Waals surface area contributed by atoms with Gasteiger partial charge in [-0.15, -0.1) is 0 Å². The van der Waals surface area contributed by atoms with Gasteiger partial charge in [-0.25, -0.2) is 8.78 Å². The fourth-order valence-corrected chi connectivity index (χ4v) is 2.12. The van der Waals surface area contributed by atoms with Crippen LogP contribution >= 0.6 is 23.8 Å². The summed E-state index contributed by atoms with van der Waals surface area (Å²) >= 11 is 10.4. The molecule has 0 aromatic heterocycles. The molecule has 2 N–H and O–H groups in total. The number of nitrogens with one attached hydrogen (secondary N) is 2. The highest BCUT2D eigenvalue weighted by Gasteiger charge is 2.34. The minimum absolute atomic E-state index is 0.0914. The van der Waals surface area contributed by atoms with Crippen LogP contribution in [0, 0.1) is 11.6 Å². The number of anilines is 2. The lowest BCUT2D eigenvalue weighted by Crippen LogP contribution is -2.22. The summed E-state index contributed by atoms with van der Waals surface area (Å²) in [4.78, 5) is 0. The van der Waals surface area contributed by atoms with Crippen LogP contribution in [-0.4, -0.2) is 5.11 Å². The minimum atomic E-state index is -4.65. The summed E-state index contributed by atoms with van der Waals surface area (Å²) in [5.41, 5.74) is -1.54. The van der Waals surface area contributed by atoms with E-state index in [1.807, 2.05) is 0 Å². The van der Waals surface area contributed by atoms with Crippen molar-refractivity contribution in [3.8, 4) is 0 Å². The smallest absolute Gasteiger partial charge is 0.332 e. The molecular weight excluding hydrogens is 359 g/mol. The van der Waals surface area contributed by atoms with Gasteiger partial charge in [0, 0.05) is 11.1 Å².